The summed E-state index contributed by atoms with van der Waals surface area (Å²) < 4.78 is 8.62. The quantitative estimate of drug-likeness (QED) is 0.498. The normalized spacial score (nSPS) is 15.4. The minimum absolute atomic E-state index is 0.193. The molecule has 1 aromatic carbocycles. The summed E-state index contributed by atoms with van der Waals surface area (Å²) in [4.78, 5) is 20.8. The molecule has 1 saturated heterocycles. The fourth-order valence-electron chi connectivity index (χ4n) is 4.51. The molecule has 9 nitrogen and oxygen atoms in total. The maximum atomic E-state index is 13.9. The number of aromatic nitrogens is 5. The predicted octanol–water partition coefficient (Wildman–Crippen LogP) is 2.75. The number of hydrogen-bond donors (Lipinski definition) is 1. The van der Waals surface area contributed by atoms with Gasteiger partial charge in [0.25, 0.3) is 0 Å². The van der Waals surface area contributed by atoms with Gasteiger partial charge in [0.2, 0.25) is 0 Å². The van der Waals surface area contributed by atoms with Gasteiger partial charge in [-0.25, -0.2) is 14.2 Å². The first-order valence-corrected chi connectivity index (χ1v) is 11.6. The lowest BCUT2D eigenvalue weighted by Crippen LogP contribution is -2.36. The van der Waals surface area contributed by atoms with Crippen LogP contribution in [0.15, 0.2) is 41.3 Å². The first-order valence-electron chi connectivity index (χ1n) is 11.6. The maximum Gasteiger partial charge on any atom is 0.336 e. The van der Waals surface area contributed by atoms with Crippen LogP contribution < -0.4 is 15.3 Å². The Bertz CT molecular complexity index is 1390. The SMILES string of the molecule is COc1ccc(Cn2c(=O)n3c(C(C)(C)C)nnc3c3ncc(N4CCC(O)CC4)cc32)cc1. The van der Waals surface area contributed by atoms with Crippen molar-refractivity contribution in [3.05, 3.63) is 58.4 Å². The van der Waals surface area contributed by atoms with Crippen LogP contribution in [0.5, 0.6) is 5.75 Å². The van der Waals surface area contributed by atoms with Crippen molar-refractivity contribution in [1.29, 1.82) is 0 Å². The van der Waals surface area contributed by atoms with Gasteiger partial charge in [0.1, 0.15) is 17.1 Å². The van der Waals surface area contributed by atoms with Gasteiger partial charge >= 0.3 is 5.69 Å². The Hall–Kier alpha value is -3.46. The molecule has 1 N–H and O–H groups in total. The minimum atomic E-state index is -0.362. The van der Waals surface area contributed by atoms with E-state index in [4.69, 9.17) is 9.72 Å². The number of aliphatic hydroxyl groups is 1. The Morgan fingerprint density at radius 1 is 1.12 bits per heavy atom. The second-order valence-corrected chi connectivity index (χ2v) is 9.93. The van der Waals surface area contributed by atoms with Crippen LogP contribution in [0.1, 0.15) is 45.0 Å². The molecule has 178 valence electrons. The van der Waals surface area contributed by atoms with Gasteiger partial charge < -0.3 is 14.7 Å². The molecule has 34 heavy (non-hydrogen) atoms. The molecule has 4 aromatic rings. The average Bonchev–Trinajstić information content (AvgIpc) is 3.29. The third-order valence-electron chi connectivity index (χ3n) is 6.44. The summed E-state index contributed by atoms with van der Waals surface area (Å²) >= 11 is 0. The number of rotatable bonds is 4. The molecule has 0 atom stereocenters. The fourth-order valence-corrected chi connectivity index (χ4v) is 4.51. The van der Waals surface area contributed by atoms with Gasteiger partial charge in [-0.1, -0.05) is 32.9 Å². The number of piperidine rings is 1. The van der Waals surface area contributed by atoms with Gasteiger partial charge in [-0.05, 0) is 36.6 Å². The molecule has 3 aromatic heterocycles. The van der Waals surface area contributed by atoms with Crippen LogP contribution in [-0.4, -0.2) is 55.6 Å². The van der Waals surface area contributed by atoms with Crippen molar-refractivity contribution in [3.63, 3.8) is 0 Å². The summed E-state index contributed by atoms with van der Waals surface area (Å²) in [6.07, 6.45) is 3.00. The Morgan fingerprint density at radius 2 is 1.82 bits per heavy atom. The monoisotopic (exact) mass is 462 g/mol. The minimum Gasteiger partial charge on any atom is -0.497 e. The van der Waals surface area contributed by atoms with Crippen LogP contribution in [0.25, 0.3) is 16.7 Å². The van der Waals surface area contributed by atoms with E-state index in [1.54, 1.807) is 16.1 Å². The highest BCUT2D eigenvalue weighted by molar-refractivity contribution is 5.89. The van der Waals surface area contributed by atoms with Crippen molar-refractivity contribution in [1.82, 2.24) is 24.1 Å². The largest absolute Gasteiger partial charge is 0.497 e. The van der Waals surface area contributed by atoms with E-state index in [1.165, 1.54) is 0 Å². The van der Waals surface area contributed by atoms with Gasteiger partial charge in [-0.2, -0.15) is 0 Å². The fraction of sp³-hybridized carbons (Fsp3) is 0.440. The summed E-state index contributed by atoms with van der Waals surface area (Å²) in [6.45, 7) is 7.92. The number of fused-ring (bicyclic) bond motifs is 3. The molecule has 0 aliphatic carbocycles. The van der Waals surface area contributed by atoms with Crippen LogP contribution in [0.3, 0.4) is 0 Å². The summed E-state index contributed by atoms with van der Waals surface area (Å²) in [6, 6.07) is 9.71. The Labute approximate surface area is 197 Å². The highest BCUT2D eigenvalue weighted by atomic mass is 16.5. The molecule has 5 rings (SSSR count). The van der Waals surface area contributed by atoms with Gasteiger partial charge in [0, 0.05) is 18.5 Å². The zero-order valence-corrected chi connectivity index (χ0v) is 20.0. The van der Waals surface area contributed by atoms with E-state index in [9.17, 15) is 9.90 Å². The zero-order valence-electron chi connectivity index (χ0n) is 20.0. The highest BCUT2D eigenvalue weighted by Crippen LogP contribution is 2.27. The van der Waals surface area contributed by atoms with E-state index < -0.39 is 0 Å². The lowest BCUT2D eigenvalue weighted by molar-refractivity contribution is 0.145. The Kier molecular flexibility index (Phi) is 5.51. The van der Waals surface area contributed by atoms with Crippen molar-refractivity contribution in [2.45, 2.75) is 51.7 Å². The molecule has 4 heterocycles. The average molecular weight is 463 g/mol. The molecule has 0 amide bonds. The van der Waals surface area contributed by atoms with Crippen LogP contribution in [0, 0.1) is 0 Å². The van der Waals surface area contributed by atoms with E-state index in [-0.39, 0.29) is 17.2 Å². The summed E-state index contributed by atoms with van der Waals surface area (Å²) in [7, 11) is 1.63. The summed E-state index contributed by atoms with van der Waals surface area (Å²) in [5, 5.41) is 18.6. The Morgan fingerprint density at radius 3 is 2.47 bits per heavy atom. The van der Waals surface area contributed by atoms with Crippen LogP contribution in [0.4, 0.5) is 5.69 Å². The number of anilines is 1. The molecule has 0 bridgehead atoms. The molecule has 0 saturated carbocycles. The number of nitrogens with zero attached hydrogens (tertiary/aromatic N) is 6. The van der Waals surface area contributed by atoms with Gasteiger partial charge in [0.15, 0.2) is 5.65 Å². The number of pyridine rings is 1. The van der Waals surface area contributed by atoms with E-state index in [0.717, 1.165) is 42.9 Å². The molecule has 1 fully saturated rings. The number of methoxy groups -OCH3 is 1. The molecule has 0 spiro atoms. The second-order valence-electron chi connectivity index (χ2n) is 9.93. The zero-order chi connectivity index (χ0) is 24.0. The van der Waals surface area contributed by atoms with Crippen molar-refractivity contribution in [2.24, 2.45) is 0 Å². The maximum absolute atomic E-state index is 13.9. The van der Waals surface area contributed by atoms with Crippen LogP contribution in [-0.2, 0) is 12.0 Å². The van der Waals surface area contributed by atoms with Crippen LogP contribution >= 0.6 is 0 Å². The second kappa shape index (κ2) is 8.39. The van der Waals surface area contributed by atoms with Crippen molar-refractivity contribution in [2.75, 3.05) is 25.1 Å². The van der Waals surface area contributed by atoms with E-state index in [2.05, 4.69) is 15.1 Å². The lowest BCUT2D eigenvalue weighted by atomic mass is 9.96. The van der Waals surface area contributed by atoms with E-state index in [1.807, 2.05) is 57.3 Å². The number of aliphatic hydroxyl groups excluding tert-OH is 1. The number of benzene rings is 1. The molecule has 0 radical (unpaired) electrons. The number of hydrogen-bond acceptors (Lipinski definition) is 7. The van der Waals surface area contributed by atoms with E-state index in [0.29, 0.717) is 29.0 Å². The summed E-state index contributed by atoms with van der Waals surface area (Å²) in [5.74, 6) is 1.37. The molecule has 1 aliphatic rings. The first-order chi connectivity index (χ1) is 16.3. The number of ether oxygens (including phenoxy) is 1. The summed E-state index contributed by atoms with van der Waals surface area (Å²) in [5.41, 5.74) is 3.17. The van der Waals surface area contributed by atoms with Crippen molar-refractivity contribution in [3.8, 4) is 5.75 Å². The molecule has 9 heteroatoms. The Balaban J connectivity index is 1.72. The smallest absolute Gasteiger partial charge is 0.336 e. The van der Waals surface area contributed by atoms with Gasteiger partial charge in [-0.3, -0.25) is 4.57 Å². The standard InChI is InChI=1S/C25H30N6O3/c1-25(2,3)23-28-27-22-21-20(13-17(14-26-21)29-11-9-18(32)10-12-29)30(24(33)31(22)23)15-16-5-7-19(34-4)8-6-16/h5-8,13-14,18,32H,9-12,15H2,1-4H3. The van der Waals surface area contributed by atoms with E-state index >= 15 is 0 Å². The topological polar surface area (TPSA) is 97.8 Å². The van der Waals surface area contributed by atoms with Crippen molar-refractivity contribution < 1.29 is 9.84 Å². The molecule has 1 aliphatic heterocycles. The molecule has 0 unspecified atom stereocenters. The lowest BCUT2D eigenvalue weighted by Gasteiger charge is -2.31. The molecular weight excluding hydrogens is 432 g/mol. The molecular formula is C25H30N6O3. The van der Waals surface area contributed by atoms with Gasteiger partial charge in [0.05, 0.1) is 37.2 Å². The van der Waals surface area contributed by atoms with Gasteiger partial charge in [-0.15, -0.1) is 10.2 Å². The highest BCUT2D eigenvalue weighted by Gasteiger charge is 2.26. The van der Waals surface area contributed by atoms with Crippen molar-refractivity contribution >= 4 is 22.4 Å². The third-order valence-corrected chi connectivity index (χ3v) is 6.44. The predicted molar refractivity (Wildman–Crippen MR) is 131 cm³/mol. The first kappa shape index (κ1) is 22.3. The third kappa shape index (κ3) is 3.90. The van der Waals surface area contributed by atoms with Crippen LogP contribution in [0.2, 0.25) is 0 Å².